The van der Waals surface area contributed by atoms with Gasteiger partial charge in [-0.3, -0.25) is 0 Å². The van der Waals surface area contributed by atoms with Crippen molar-refractivity contribution in [2.24, 2.45) is 0 Å². The highest BCUT2D eigenvalue weighted by molar-refractivity contribution is 6.25. The van der Waals surface area contributed by atoms with Crippen molar-refractivity contribution < 1.29 is 4.42 Å². The number of aromatic nitrogens is 4. The van der Waals surface area contributed by atoms with Gasteiger partial charge in [0.05, 0.1) is 22.0 Å². The molecule has 0 radical (unpaired) electrons. The van der Waals surface area contributed by atoms with E-state index >= 15 is 0 Å². The third-order valence-corrected chi connectivity index (χ3v) is 11.9. The first-order chi connectivity index (χ1) is 30.7. The van der Waals surface area contributed by atoms with Crippen molar-refractivity contribution >= 4 is 43.7 Å². The maximum atomic E-state index is 6.94. The Hall–Kier alpha value is -8.41. The summed E-state index contributed by atoms with van der Waals surface area (Å²) in [6, 6.07) is 76.2. The Morgan fingerprint density at radius 3 is 1.45 bits per heavy atom. The van der Waals surface area contributed by atoms with Crippen LogP contribution in [0.15, 0.2) is 223 Å². The Morgan fingerprint density at radius 1 is 0.339 bits per heavy atom. The highest BCUT2D eigenvalue weighted by Gasteiger charge is 2.22. The second-order valence-corrected chi connectivity index (χ2v) is 15.6. The molecule has 62 heavy (non-hydrogen) atoms. The normalized spacial score (nSPS) is 11.5. The molecule has 5 heteroatoms. The molecular formula is C57H36N4O. The standard InChI is InChI=1S/C57H36N4O/c1-4-15-37(16-5-1)40-29-31-45(32-30-40)61-50-28-11-10-25-46(50)47-33-34-51-52(53(47)61)48-26-14-27-49(54(48)62-51)57-59-55(43-23-12-21-41(35-43)38-17-6-2-7-18-38)58-56(60-57)44-24-13-22-42(36-44)39-19-8-3-9-20-39/h1-36H. The maximum absolute atomic E-state index is 6.94. The van der Waals surface area contributed by atoms with Crippen molar-refractivity contribution in [1.29, 1.82) is 0 Å². The van der Waals surface area contributed by atoms with Crippen LogP contribution in [-0.4, -0.2) is 19.5 Å². The first-order valence-electron chi connectivity index (χ1n) is 20.8. The van der Waals surface area contributed by atoms with Crippen LogP contribution in [0.1, 0.15) is 0 Å². The summed E-state index contributed by atoms with van der Waals surface area (Å²) in [7, 11) is 0. The van der Waals surface area contributed by atoms with Crippen LogP contribution in [0, 0.1) is 0 Å². The van der Waals surface area contributed by atoms with Gasteiger partial charge in [-0.05, 0) is 81.9 Å². The van der Waals surface area contributed by atoms with Crippen molar-refractivity contribution in [3.05, 3.63) is 218 Å². The predicted octanol–water partition coefficient (Wildman–Crippen LogP) is 14.9. The number of rotatable bonds is 7. The molecule has 12 aromatic rings. The topological polar surface area (TPSA) is 56.7 Å². The lowest BCUT2D eigenvalue weighted by Crippen LogP contribution is -2.00. The first-order valence-corrected chi connectivity index (χ1v) is 20.8. The van der Waals surface area contributed by atoms with E-state index in [1.807, 2.05) is 12.1 Å². The molecule has 0 aliphatic carbocycles. The number of hydrogen-bond donors (Lipinski definition) is 0. The molecule has 3 aromatic heterocycles. The average molecular weight is 793 g/mol. The molecule has 0 saturated carbocycles. The summed E-state index contributed by atoms with van der Waals surface area (Å²) in [4.78, 5) is 15.7. The Balaban J connectivity index is 1.07. The zero-order valence-corrected chi connectivity index (χ0v) is 33.5. The summed E-state index contributed by atoms with van der Waals surface area (Å²) < 4.78 is 9.32. The molecule has 5 nitrogen and oxygen atoms in total. The van der Waals surface area contributed by atoms with E-state index in [1.54, 1.807) is 0 Å². The van der Waals surface area contributed by atoms with E-state index < -0.39 is 0 Å². The molecule has 0 aliphatic rings. The number of nitrogens with zero attached hydrogens (tertiary/aromatic N) is 4. The number of benzene rings is 9. The molecule has 290 valence electrons. The van der Waals surface area contributed by atoms with E-state index in [2.05, 4.69) is 211 Å². The van der Waals surface area contributed by atoms with Crippen molar-refractivity contribution in [2.75, 3.05) is 0 Å². The van der Waals surface area contributed by atoms with Crippen LogP contribution >= 0.6 is 0 Å². The third kappa shape index (κ3) is 6.06. The lowest BCUT2D eigenvalue weighted by atomic mass is 10.0. The van der Waals surface area contributed by atoms with Gasteiger partial charge in [0.15, 0.2) is 17.5 Å². The summed E-state index contributed by atoms with van der Waals surface area (Å²) in [6.07, 6.45) is 0. The summed E-state index contributed by atoms with van der Waals surface area (Å²) >= 11 is 0. The van der Waals surface area contributed by atoms with Gasteiger partial charge in [0.2, 0.25) is 0 Å². The molecule has 0 atom stereocenters. The van der Waals surface area contributed by atoms with Crippen molar-refractivity contribution in [2.45, 2.75) is 0 Å². The highest BCUT2D eigenvalue weighted by atomic mass is 16.3. The number of furan rings is 1. The van der Waals surface area contributed by atoms with Gasteiger partial charge >= 0.3 is 0 Å². The Kier molecular flexibility index (Phi) is 8.42. The van der Waals surface area contributed by atoms with Crippen molar-refractivity contribution in [3.63, 3.8) is 0 Å². The van der Waals surface area contributed by atoms with Gasteiger partial charge in [-0.25, -0.2) is 15.0 Å². The van der Waals surface area contributed by atoms with Crippen molar-refractivity contribution in [1.82, 2.24) is 19.5 Å². The predicted molar refractivity (Wildman–Crippen MR) is 254 cm³/mol. The van der Waals surface area contributed by atoms with E-state index in [1.165, 1.54) is 16.5 Å². The van der Waals surface area contributed by atoms with Crippen molar-refractivity contribution in [3.8, 4) is 73.2 Å². The SMILES string of the molecule is c1ccc(-c2ccc(-n3c4ccccc4c4ccc5oc6c(-c7nc(-c8cccc(-c9ccccc9)c8)nc(-c8cccc(-c9ccccc9)c8)n7)cccc6c5c43)cc2)cc1. The molecule has 0 amide bonds. The van der Waals surface area contributed by atoms with Gasteiger partial charge in [-0.1, -0.05) is 170 Å². The smallest absolute Gasteiger partial charge is 0.167 e. The molecule has 0 bridgehead atoms. The minimum absolute atomic E-state index is 0.540. The summed E-state index contributed by atoms with van der Waals surface area (Å²) in [5, 5.41) is 4.39. The molecule has 9 aromatic carbocycles. The van der Waals surface area contributed by atoms with Gasteiger partial charge in [-0.15, -0.1) is 0 Å². The zero-order valence-electron chi connectivity index (χ0n) is 33.5. The third-order valence-electron chi connectivity index (χ3n) is 11.9. The van der Waals surface area contributed by atoms with E-state index in [9.17, 15) is 0 Å². The molecule has 0 unspecified atom stereocenters. The van der Waals surface area contributed by atoms with Crippen LogP contribution in [0.5, 0.6) is 0 Å². The molecule has 0 spiro atoms. The van der Waals surface area contributed by atoms with E-state index in [-0.39, 0.29) is 0 Å². The molecule has 3 heterocycles. The number of para-hydroxylation sites is 2. The van der Waals surface area contributed by atoms with E-state index in [0.717, 1.165) is 83.0 Å². The van der Waals surface area contributed by atoms with E-state index in [0.29, 0.717) is 17.5 Å². The molecule has 12 rings (SSSR count). The lowest BCUT2D eigenvalue weighted by Gasteiger charge is -2.11. The fourth-order valence-corrected chi connectivity index (χ4v) is 8.91. The Bertz CT molecular complexity index is 3510. The van der Waals surface area contributed by atoms with Crippen LogP contribution in [0.3, 0.4) is 0 Å². The molecular weight excluding hydrogens is 757 g/mol. The van der Waals surface area contributed by atoms with Gasteiger partial charge in [-0.2, -0.15) is 0 Å². The summed E-state index contributed by atoms with van der Waals surface area (Å²) in [5.74, 6) is 1.71. The van der Waals surface area contributed by atoms with Gasteiger partial charge < -0.3 is 8.98 Å². The lowest BCUT2D eigenvalue weighted by molar-refractivity contribution is 0.669. The van der Waals surface area contributed by atoms with Crippen LogP contribution in [-0.2, 0) is 0 Å². The number of hydrogen-bond acceptors (Lipinski definition) is 4. The minimum Gasteiger partial charge on any atom is -0.455 e. The maximum Gasteiger partial charge on any atom is 0.167 e. The average Bonchev–Trinajstić information content (AvgIpc) is 3.91. The van der Waals surface area contributed by atoms with Crippen LogP contribution in [0.2, 0.25) is 0 Å². The fourth-order valence-electron chi connectivity index (χ4n) is 8.91. The minimum atomic E-state index is 0.540. The highest BCUT2D eigenvalue weighted by Crippen LogP contribution is 2.43. The molecule has 0 fully saturated rings. The Morgan fingerprint density at radius 2 is 0.823 bits per heavy atom. The zero-order chi connectivity index (χ0) is 41.0. The van der Waals surface area contributed by atoms with Gasteiger partial charge in [0.25, 0.3) is 0 Å². The number of fused-ring (bicyclic) bond motifs is 7. The van der Waals surface area contributed by atoms with Crippen LogP contribution in [0.25, 0.3) is 117 Å². The monoisotopic (exact) mass is 792 g/mol. The Labute approximate surface area is 357 Å². The summed E-state index contributed by atoms with van der Waals surface area (Å²) in [5.41, 5.74) is 14.2. The fraction of sp³-hybridized carbons (Fsp3) is 0. The van der Waals surface area contributed by atoms with Crippen LogP contribution < -0.4 is 0 Å². The molecule has 0 N–H and O–H groups in total. The molecule has 0 saturated heterocycles. The van der Waals surface area contributed by atoms with Crippen LogP contribution in [0.4, 0.5) is 0 Å². The van der Waals surface area contributed by atoms with Gasteiger partial charge in [0.1, 0.15) is 11.2 Å². The largest absolute Gasteiger partial charge is 0.455 e. The second-order valence-electron chi connectivity index (χ2n) is 15.6. The summed E-state index contributed by atoms with van der Waals surface area (Å²) in [6.45, 7) is 0. The van der Waals surface area contributed by atoms with E-state index in [4.69, 9.17) is 19.4 Å². The van der Waals surface area contributed by atoms with Gasteiger partial charge in [0, 0.05) is 33.0 Å². The second kappa shape index (κ2) is 14.7. The molecule has 0 aliphatic heterocycles. The first kappa shape index (κ1) is 35.5. The quantitative estimate of drug-likeness (QED) is 0.161.